The van der Waals surface area contributed by atoms with E-state index in [1.54, 1.807) is 43.3 Å². The predicted octanol–water partition coefficient (Wildman–Crippen LogP) is 1.96. The summed E-state index contributed by atoms with van der Waals surface area (Å²) in [6, 6.07) is 12.0. The Morgan fingerprint density at radius 3 is 2.47 bits per heavy atom. The van der Waals surface area contributed by atoms with Crippen molar-refractivity contribution in [1.82, 2.24) is 20.4 Å². The summed E-state index contributed by atoms with van der Waals surface area (Å²) in [5, 5.41) is 12.5. The lowest BCUT2D eigenvalue weighted by atomic mass is 10.2. The van der Waals surface area contributed by atoms with Gasteiger partial charge in [-0.15, -0.1) is 0 Å². The van der Waals surface area contributed by atoms with Crippen LogP contribution < -0.4 is 21.5 Å². The summed E-state index contributed by atoms with van der Waals surface area (Å²) in [4.78, 5) is 48.8. The first-order valence-electron chi connectivity index (χ1n) is 11.0. The van der Waals surface area contributed by atoms with Crippen molar-refractivity contribution in [3.05, 3.63) is 70.7 Å². The molecular weight excluding hydrogens is 438 g/mol. The molecule has 3 N–H and O–H groups in total. The van der Waals surface area contributed by atoms with Crippen LogP contribution in [-0.2, 0) is 9.59 Å². The molecule has 34 heavy (non-hydrogen) atoms. The van der Waals surface area contributed by atoms with Crippen molar-refractivity contribution in [2.24, 2.45) is 5.92 Å². The van der Waals surface area contributed by atoms with Gasteiger partial charge in [-0.25, -0.2) is 4.68 Å². The Bertz CT molecular complexity index is 1230. The Morgan fingerprint density at radius 2 is 1.79 bits per heavy atom. The highest BCUT2D eigenvalue weighted by molar-refractivity contribution is 5.96. The molecule has 0 saturated heterocycles. The van der Waals surface area contributed by atoms with Crippen LogP contribution in [0.5, 0.6) is 0 Å². The first-order valence-corrected chi connectivity index (χ1v) is 11.0. The summed E-state index contributed by atoms with van der Waals surface area (Å²) in [5.74, 6) is -0.104. The largest absolute Gasteiger partial charge is 0.463 e. The van der Waals surface area contributed by atoms with Gasteiger partial charge in [-0.05, 0) is 62.2 Å². The van der Waals surface area contributed by atoms with E-state index in [4.69, 9.17) is 4.42 Å². The highest BCUT2D eigenvalue weighted by Crippen LogP contribution is 2.30. The molecule has 0 spiro atoms. The lowest BCUT2D eigenvalue weighted by molar-refractivity contribution is -0.124. The highest BCUT2D eigenvalue weighted by atomic mass is 16.3. The molecule has 3 amide bonds. The van der Waals surface area contributed by atoms with Crippen LogP contribution in [0.2, 0.25) is 0 Å². The number of benzene rings is 1. The maximum absolute atomic E-state index is 12.5. The second-order valence-corrected chi connectivity index (χ2v) is 8.04. The highest BCUT2D eigenvalue weighted by Gasteiger charge is 2.29. The van der Waals surface area contributed by atoms with E-state index in [9.17, 15) is 19.2 Å². The Morgan fingerprint density at radius 1 is 1.06 bits per heavy atom. The summed E-state index contributed by atoms with van der Waals surface area (Å²) >= 11 is 0. The number of hydrogen-bond donors (Lipinski definition) is 3. The Hall–Kier alpha value is -4.21. The summed E-state index contributed by atoms with van der Waals surface area (Å²) in [6.45, 7) is 1.95. The minimum Gasteiger partial charge on any atom is -0.463 e. The van der Waals surface area contributed by atoms with Gasteiger partial charge in [0.05, 0.1) is 6.26 Å². The number of anilines is 1. The molecule has 176 valence electrons. The molecule has 1 aliphatic rings. The minimum absolute atomic E-state index is 0.00678. The number of furan rings is 1. The standard InChI is InChI=1S/C24H25N5O5/c1-15(29-21(30)11-10-19(28-29)20-3-2-14-34-20)22(31)25-12-13-26-23(32)16-6-8-18(9-7-16)27-24(33)17-4-5-17/h2-3,6-11,14-15,17H,4-5,12-13H2,1H3,(H,25,31)(H,26,32)(H,27,33). The molecule has 2 heterocycles. The fraction of sp³-hybridized carbons (Fsp3) is 0.292. The summed E-state index contributed by atoms with van der Waals surface area (Å²) in [7, 11) is 0. The molecule has 3 aromatic rings. The second kappa shape index (κ2) is 10.2. The van der Waals surface area contributed by atoms with Crippen molar-refractivity contribution in [1.29, 1.82) is 0 Å². The van der Waals surface area contributed by atoms with Gasteiger partial charge in [0.2, 0.25) is 11.8 Å². The number of nitrogens with one attached hydrogen (secondary N) is 3. The molecule has 1 saturated carbocycles. The van der Waals surface area contributed by atoms with Gasteiger partial charge >= 0.3 is 0 Å². The van der Waals surface area contributed by atoms with E-state index in [-0.39, 0.29) is 30.8 Å². The van der Waals surface area contributed by atoms with E-state index < -0.39 is 17.5 Å². The smallest absolute Gasteiger partial charge is 0.267 e. The average Bonchev–Trinajstić information content (AvgIpc) is 3.56. The topological polar surface area (TPSA) is 135 Å². The molecule has 2 aromatic heterocycles. The Kier molecular flexibility index (Phi) is 6.86. The summed E-state index contributed by atoms with van der Waals surface area (Å²) in [6.07, 6.45) is 3.34. The molecule has 1 aliphatic carbocycles. The lowest BCUT2D eigenvalue weighted by Crippen LogP contribution is -2.40. The molecule has 1 atom stereocenters. The maximum Gasteiger partial charge on any atom is 0.267 e. The number of nitrogens with zero attached hydrogens (tertiary/aromatic N) is 2. The third kappa shape index (κ3) is 5.58. The Balaban J connectivity index is 1.24. The van der Waals surface area contributed by atoms with Crippen molar-refractivity contribution in [3.8, 4) is 11.5 Å². The van der Waals surface area contributed by atoms with Gasteiger partial charge in [0.25, 0.3) is 11.5 Å². The third-order valence-corrected chi connectivity index (χ3v) is 5.42. The van der Waals surface area contributed by atoms with Crippen LogP contribution in [0.15, 0.2) is 64.0 Å². The first kappa shape index (κ1) is 23.0. The van der Waals surface area contributed by atoms with E-state index >= 15 is 0 Å². The number of hydrogen-bond acceptors (Lipinski definition) is 6. The van der Waals surface area contributed by atoms with E-state index in [1.165, 1.54) is 18.4 Å². The van der Waals surface area contributed by atoms with E-state index in [1.807, 2.05) is 0 Å². The molecule has 0 radical (unpaired) electrons. The van der Waals surface area contributed by atoms with Crippen LogP contribution in [0.25, 0.3) is 11.5 Å². The van der Waals surface area contributed by atoms with Crippen molar-refractivity contribution in [3.63, 3.8) is 0 Å². The number of aromatic nitrogens is 2. The minimum atomic E-state index is -0.850. The quantitative estimate of drug-likeness (QED) is 0.415. The van der Waals surface area contributed by atoms with Crippen LogP contribution >= 0.6 is 0 Å². The van der Waals surface area contributed by atoms with Gasteiger partial charge in [-0.3, -0.25) is 19.2 Å². The monoisotopic (exact) mass is 463 g/mol. The first-order chi connectivity index (χ1) is 16.4. The van der Waals surface area contributed by atoms with Crippen LogP contribution in [0.1, 0.15) is 36.2 Å². The molecular formula is C24H25N5O5. The van der Waals surface area contributed by atoms with Gasteiger partial charge in [0, 0.05) is 36.3 Å². The zero-order chi connectivity index (χ0) is 24.1. The van der Waals surface area contributed by atoms with Gasteiger partial charge in [0.1, 0.15) is 11.7 Å². The number of amides is 3. The molecule has 1 fully saturated rings. The van der Waals surface area contributed by atoms with Crippen molar-refractivity contribution in [2.45, 2.75) is 25.8 Å². The van der Waals surface area contributed by atoms with Gasteiger partial charge in [-0.2, -0.15) is 5.10 Å². The van der Waals surface area contributed by atoms with Crippen molar-refractivity contribution in [2.75, 3.05) is 18.4 Å². The number of carbonyl (C=O) groups is 3. The molecule has 0 bridgehead atoms. The van der Waals surface area contributed by atoms with Gasteiger partial charge < -0.3 is 20.4 Å². The van der Waals surface area contributed by atoms with Crippen molar-refractivity contribution >= 4 is 23.4 Å². The second-order valence-electron chi connectivity index (χ2n) is 8.04. The van der Waals surface area contributed by atoms with Crippen LogP contribution in [0, 0.1) is 5.92 Å². The number of carbonyl (C=O) groups excluding carboxylic acids is 3. The number of rotatable bonds is 9. The zero-order valence-corrected chi connectivity index (χ0v) is 18.6. The van der Waals surface area contributed by atoms with Crippen LogP contribution in [-0.4, -0.2) is 40.6 Å². The van der Waals surface area contributed by atoms with E-state index in [0.717, 1.165) is 17.5 Å². The van der Waals surface area contributed by atoms with Crippen LogP contribution in [0.3, 0.4) is 0 Å². The third-order valence-electron chi connectivity index (χ3n) is 5.42. The predicted molar refractivity (Wildman–Crippen MR) is 124 cm³/mol. The Labute approximate surface area is 195 Å². The normalized spacial score (nSPS) is 13.7. The fourth-order valence-electron chi connectivity index (χ4n) is 3.28. The van der Waals surface area contributed by atoms with E-state index in [2.05, 4.69) is 21.0 Å². The molecule has 1 aromatic carbocycles. The molecule has 10 heteroatoms. The molecule has 4 rings (SSSR count). The van der Waals surface area contributed by atoms with Crippen molar-refractivity contribution < 1.29 is 18.8 Å². The summed E-state index contributed by atoms with van der Waals surface area (Å²) < 4.78 is 6.38. The lowest BCUT2D eigenvalue weighted by Gasteiger charge is -2.15. The molecule has 1 unspecified atom stereocenters. The SMILES string of the molecule is CC(C(=O)NCCNC(=O)c1ccc(NC(=O)C2CC2)cc1)n1nc(-c2ccco2)ccc1=O. The van der Waals surface area contributed by atoms with E-state index in [0.29, 0.717) is 22.7 Å². The molecule has 0 aliphatic heterocycles. The average molecular weight is 463 g/mol. The molecule has 10 nitrogen and oxygen atoms in total. The fourth-order valence-corrected chi connectivity index (χ4v) is 3.28. The van der Waals surface area contributed by atoms with Gasteiger partial charge in [0.15, 0.2) is 5.76 Å². The van der Waals surface area contributed by atoms with Gasteiger partial charge in [-0.1, -0.05) is 0 Å². The summed E-state index contributed by atoms with van der Waals surface area (Å²) in [5.41, 5.74) is 1.11. The maximum atomic E-state index is 12.5. The zero-order valence-electron chi connectivity index (χ0n) is 18.6. The van der Waals surface area contributed by atoms with Crippen LogP contribution in [0.4, 0.5) is 5.69 Å².